The SMILES string of the molecule is CCC(CC)(CN)C(=O)NCC(C)CO. The van der Waals surface area contributed by atoms with Gasteiger partial charge in [-0.15, -0.1) is 0 Å². The molecule has 1 atom stereocenters. The molecular weight excluding hydrogens is 192 g/mol. The van der Waals surface area contributed by atoms with Crippen LogP contribution in [-0.2, 0) is 4.79 Å². The molecule has 0 rings (SSSR count). The van der Waals surface area contributed by atoms with Crippen molar-refractivity contribution in [2.24, 2.45) is 17.1 Å². The normalized spacial score (nSPS) is 13.7. The van der Waals surface area contributed by atoms with Gasteiger partial charge < -0.3 is 16.2 Å². The molecule has 0 aromatic rings. The molecule has 4 heteroatoms. The van der Waals surface area contributed by atoms with Gasteiger partial charge in [0.25, 0.3) is 0 Å². The standard InChI is InChI=1S/C11H24N2O2/c1-4-11(5-2,8-12)10(15)13-6-9(3)7-14/h9,14H,4-8,12H2,1-3H3,(H,13,15). The lowest BCUT2D eigenvalue weighted by Crippen LogP contribution is -2.46. The summed E-state index contributed by atoms with van der Waals surface area (Å²) in [5, 5.41) is 11.7. The predicted octanol–water partition coefficient (Wildman–Crippen LogP) is 0.496. The summed E-state index contributed by atoms with van der Waals surface area (Å²) in [6.45, 7) is 6.82. The van der Waals surface area contributed by atoms with Crippen LogP contribution in [0.1, 0.15) is 33.6 Å². The molecule has 0 fully saturated rings. The van der Waals surface area contributed by atoms with Crippen LogP contribution < -0.4 is 11.1 Å². The smallest absolute Gasteiger partial charge is 0.227 e. The van der Waals surface area contributed by atoms with E-state index in [1.807, 2.05) is 20.8 Å². The van der Waals surface area contributed by atoms with Crippen LogP contribution in [0.4, 0.5) is 0 Å². The molecule has 15 heavy (non-hydrogen) atoms. The fourth-order valence-electron chi connectivity index (χ4n) is 1.47. The van der Waals surface area contributed by atoms with Gasteiger partial charge in [-0.2, -0.15) is 0 Å². The molecule has 4 nitrogen and oxygen atoms in total. The molecule has 0 saturated heterocycles. The molecule has 4 N–H and O–H groups in total. The van der Waals surface area contributed by atoms with Crippen molar-refractivity contribution in [2.75, 3.05) is 19.7 Å². The van der Waals surface area contributed by atoms with Gasteiger partial charge in [0, 0.05) is 19.7 Å². The quantitative estimate of drug-likeness (QED) is 0.580. The highest BCUT2D eigenvalue weighted by Gasteiger charge is 2.32. The number of carbonyl (C=O) groups excluding carboxylic acids is 1. The zero-order valence-electron chi connectivity index (χ0n) is 10.0. The fraction of sp³-hybridized carbons (Fsp3) is 0.909. The topological polar surface area (TPSA) is 75.4 Å². The first-order valence-electron chi connectivity index (χ1n) is 5.65. The van der Waals surface area contributed by atoms with Crippen LogP contribution in [0, 0.1) is 11.3 Å². The number of carbonyl (C=O) groups is 1. The van der Waals surface area contributed by atoms with E-state index in [9.17, 15) is 4.79 Å². The summed E-state index contributed by atoms with van der Waals surface area (Å²) < 4.78 is 0. The molecule has 0 aliphatic rings. The Morgan fingerprint density at radius 3 is 2.33 bits per heavy atom. The van der Waals surface area contributed by atoms with Gasteiger partial charge >= 0.3 is 0 Å². The molecule has 0 aromatic carbocycles. The summed E-state index contributed by atoms with van der Waals surface area (Å²) in [5.74, 6) is 0.105. The largest absolute Gasteiger partial charge is 0.396 e. The third-order valence-electron chi connectivity index (χ3n) is 3.15. The number of hydrogen-bond acceptors (Lipinski definition) is 3. The maximum absolute atomic E-state index is 11.9. The molecule has 0 aliphatic heterocycles. The minimum atomic E-state index is -0.435. The van der Waals surface area contributed by atoms with Crippen molar-refractivity contribution in [3.8, 4) is 0 Å². The van der Waals surface area contributed by atoms with Crippen LogP contribution in [0.5, 0.6) is 0 Å². The second-order valence-electron chi connectivity index (χ2n) is 4.19. The van der Waals surface area contributed by atoms with Gasteiger partial charge in [-0.25, -0.2) is 0 Å². The lowest BCUT2D eigenvalue weighted by atomic mass is 9.81. The molecule has 0 bridgehead atoms. The van der Waals surface area contributed by atoms with Crippen LogP contribution in [0.2, 0.25) is 0 Å². The number of rotatable bonds is 7. The highest BCUT2D eigenvalue weighted by Crippen LogP contribution is 2.24. The van der Waals surface area contributed by atoms with E-state index in [-0.39, 0.29) is 18.4 Å². The molecule has 1 amide bonds. The Bertz CT molecular complexity index is 183. The predicted molar refractivity (Wildman–Crippen MR) is 61.3 cm³/mol. The summed E-state index contributed by atoms with van der Waals surface area (Å²) in [6.07, 6.45) is 1.50. The summed E-state index contributed by atoms with van der Waals surface area (Å²) in [6, 6.07) is 0. The Morgan fingerprint density at radius 1 is 1.47 bits per heavy atom. The number of nitrogens with one attached hydrogen (secondary N) is 1. The lowest BCUT2D eigenvalue weighted by molar-refractivity contribution is -0.131. The van der Waals surface area contributed by atoms with E-state index in [0.29, 0.717) is 13.1 Å². The fourth-order valence-corrected chi connectivity index (χ4v) is 1.47. The highest BCUT2D eigenvalue weighted by molar-refractivity contribution is 5.82. The van der Waals surface area contributed by atoms with Gasteiger partial charge in [-0.3, -0.25) is 4.79 Å². The van der Waals surface area contributed by atoms with Crippen molar-refractivity contribution in [1.82, 2.24) is 5.32 Å². The van der Waals surface area contributed by atoms with E-state index in [4.69, 9.17) is 10.8 Å². The molecular formula is C11H24N2O2. The third-order valence-corrected chi connectivity index (χ3v) is 3.15. The Hall–Kier alpha value is -0.610. The number of aliphatic hydroxyl groups is 1. The Kier molecular flexibility index (Phi) is 6.52. The zero-order chi connectivity index (χ0) is 11.9. The molecule has 0 spiro atoms. The van der Waals surface area contributed by atoms with Gasteiger partial charge in [-0.1, -0.05) is 20.8 Å². The molecule has 0 radical (unpaired) electrons. The first-order chi connectivity index (χ1) is 7.06. The van der Waals surface area contributed by atoms with E-state index >= 15 is 0 Å². The second-order valence-corrected chi connectivity index (χ2v) is 4.19. The number of aliphatic hydroxyl groups excluding tert-OH is 1. The van der Waals surface area contributed by atoms with Gasteiger partial charge in [0.15, 0.2) is 0 Å². The average molecular weight is 216 g/mol. The summed E-state index contributed by atoms with van der Waals surface area (Å²) >= 11 is 0. The molecule has 0 heterocycles. The monoisotopic (exact) mass is 216 g/mol. The molecule has 0 aliphatic carbocycles. The molecule has 1 unspecified atom stereocenters. The molecule has 90 valence electrons. The van der Waals surface area contributed by atoms with Gasteiger partial charge in [-0.05, 0) is 18.8 Å². The van der Waals surface area contributed by atoms with Gasteiger partial charge in [0.1, 0.15) is 0 Å². The summed E-state index contributed by atoms with van der Waals surface area (Å²) in [5.41, 5.74) is 5.22. The Labute approximate surface area is 92.2 Å². The summed E-state index contributed by atoms with van der Waals surface area (Å²) in [7, 11) is 0. The third kappa shape index (κ3) is 3.80. The second kappa shape index (κ2) is 6.80. The molecule has 0 aromatic heterocycles. The van der Waals surface area contributed by atoms with E-state index < -0.39 is 5.41 Å². The van der Waals surface area contributed by atoms with Crippen molar-refractivity contribution in [2.45, 2.75) is 33.6 Å². The maximum Gasteiger partial charge on any atom is 0.227 e. The van der Waals surface area contributed by atoms with Crippen LogP contribution in [0.25, 0.3) is 0 Å². The minimum Gasteiger partial charge on any atom is -0.396 e. The number of hydrogen-bond donors (Lipinski definition) is 3. The van der Waals surface area contributed by atoms with E-state index in [0.717, 1.165) is 12.8 Å². The number of nitrogens with two attached hydrogens (primary N) is 1. The van der Waals surface area contributed by atoms with Crippen molar-refractivity contribution in [3.63, 3.8) is 0 Å². The lowest BCUT2D eigenvalue weighted by Gasteiger charge is -2.29. The van der Waals surface area contributed by atoms with E-state index in [1.165, 1.54) is 0 Å². The van der Waals surface area contributed by atoms with Gasteiger partial charge in [0.05, 0.1) is 5.41 Å². The maximum atomic E-state index is 11.9. The van der Waals surface area contributed by atoms with E-state index in [2.05, 4.69) is 5.32 Å². The zero-order valence-corrected chi connectivity index (χ0v) is 10.0. The first-order valence-corrected chi connectivity index (χ1v) is 5.65. The van der Waals surface area contributed by atoms with Crippen molar-refractivity contribution >= 4 is 5.91 Å². The van der Waals surface area contributed by atoms with Crippen LogP contribution >= 0.6 is 0 Å². The number of amides is 1. The highest BCUT2D eigenvalue weighted by atomic mass is 16.3. The Morgan fingerprint density at radius 2 is 2.00 bits per heavy atom. The van der Waals surface area contributed by atoms with Crippen LogP contribution in [0.3, 0.4) is 0 Å². The van der Waals surface area contributed by atoms with Gasteiger partial charge in [0.2, 0.25) is 5.91 Å². The van der Waals surface area contributed by atoms with Crippen LogP contribution in [0.15, 0.2) is 0 Å². The van der Waals surface area contributed by atoms with Crippen molar-refractivity contribution in [1.29, 1.82) is 0 Å². The van der Waals surface area contributed by atoms with Crippen molar-refractivity contribution < 1.29 is 9.90 Å². The first kappa shape index (κ1) is 14.4. The van der Waals surface area contributed by atoms with Crippen molar-refractivity contribution in [3.05, 3.63) is 0 Å². The van der Waals surface area contributed by atoms with Crippen LogP contribution in [-0.4, -0.2) is 30.7 Å². The van der Waals surface area contributed by atoms with E-state index in [1.54, 1.807) is 0 Å². The average Bonchev–Trinajstić information content (AvgIpc) is 2.28. The Balaban J connectivity index is 4.27. The molecule has 0 saturated carbocycles. The summed E-state index contributed by atoms with van der Waals surface area (Å²) in [4.78, 5) is 11.9. The minimum absolute atomic E-state index is 0.00954.